The summed E-state index contributed by atoms with van der Waals surface area (Å²) < 4.78 is 11.3. The number of aliphatic hydroxyl groups excluding tert-OH is 1. The van der Waals surface area contributed by atoms with Crippen molar-refractivity contribution < 1.29 is 14.6 Å². The van der Waals surface area contributed by atoms with Crippen molar-refractivity contribution in [2.75, 3.05) is 6.61 Å². The molecule has 0 amide bonds. The van der Waals surface area contributed by atoms with E-state index < -0.39 is 18.0 Å². The first-order chi connectivity index (χ1) is 10.3. The minimum absolute atomic E-state index is 0.300. The second kappa shape index (κ2) is 8.10. The summed E-state index contributed by atoms with van der Waals surface area (Å²) in [4.78, 5) is 0. The van der Waals surface area contributed by atoms with Gasteiger partial charge < -0.3 is 14.6 Å². The number of ether oxygens (including phenoxy) is 2. The normalized spacial score (nSPS) is 23.0. The fraction of sp³-hybridized carbons (Fsp3) is 0.833. The summed E-state index contributed by atoms with van der Waals surface area (Å²) in [5, 5.41) is 20.9. The van der Waals surface area contributed by atoms with E-state index in [1.807, 2.05) is 20.8 Å². The van der Waals surface area contributed by atoms with Crippen LogP contribution in [0.5, 0.6) is 0 Å². The van der Waals surface area contributed by atoms with Gasteiger partial charge in [0, 0.05) is 6.61 Å². The molecule has 0 aliphatic heterocycles. The highest BCUT2D eigenvalue weighted by Gasteiger charge is 2.49. The van der Waals surface area contributed by atoms with Crippen LogP contribution in [-0.2, 0) is 9.47 Å². The van der Waals surface area contributed by atoms with Crippen LogP contribution in [0.15, 0.2) is 11.6 Å². The number of nitriles is 1. The summed E-state index contributed by atoms with van der Waals surface area (Å²) in [5.41, 5.74) is -0.713. The Kier molecular flexibility index (Phi) is 7.05. The highest BCUT2D eigenvalue weighted by atomic mass is 16.7. The third kappa shape index (κ3) is 4.55. The molecule has 0 spiro atoms. The smallest absolute Gasteiger partial charge is 0.202 e. The number of allylic oxidation sites excluding steroid dienone is 1. The average molecular weight is 309 g/mol. The van der Waals surface area contributed by atoms with E-state index in [9.17, 15) is 10.4 Å². The van der Waals surface area contributed by atoms with E-state index in [1.54, 1.807) is 13.0 Å². The molecule has 4 heteroatoms. The molecule has 1 aliphatic carbocycles. The third-order valence-corrected chi connectivity index (χ3v) is 4.50. The number of nitrogens with zero attached hydrogens (tertiary/aromatic N) is 1. The minimum Gasteiger partial charge on any atom is -0.388 e. The molecule has 4 nitrogen and oxygen atoms in total. The molecular formula is C18H31NO3. The van der Waals surface area contributed by atoms with Gasteiger partial charge in [0.1, 0.15) is 12.2 Å². The molecule has 0 radical (unpaired) electrons. The van der Waals surface area contributed by atoms with E-state index in [4.69, 9.17) is 9.47 Å². The van der Waals surface area contributed by atoms with Gasteiger partial charge in [0.15, 0.2) is 6.29 Å². The Morgan fingerprint density at radius 1 is 1.36 bits per heavy atom. The van der Waals surface area contributed by atoms with Crippen LogP contribution in [0.1, 0.15) is 66.7 Å². The van der Waals surface area contributed by atoms with Crippen LogP contribution < -0.4 is 0 Å². The van der Waals surface area contributed by atoms with Gasteiger partial charge in [-0.3, -0.25) is 0 Å². The van der Waals surface area contributed by atoms with Crippen LogP contribution in [-0.4, -0.2) is 29.7 Å². The second-order valence-corrected chi connectivity index (χ2v) is 6.88. The lowest BCUT2D eigenvalue weighted by molar-refractivity contribution is -0.211. The lowest BCUT2D eigenvalue weighted by Gasteiger charge is -2.44. The number of hydrogen-bond donors (Lipinski definition) is 1. The van der Waals surface area contributed by atoms with Gasteiger partial charge in [0.2, 0.25) is 5.60 Å². The summed E-state index contributed by atoms with van der Waals surface area (Å²) in [7, 11) is 0. The molecule has 0 aromatic carbocycles. The molecule has 1 fully saturated rings. The number of hydrogen-bond acceptors (Lipinski definition) is 4. The SMILES string of the molecule is CCOC(C)OC(C#N)(C=C(C)C)C(O)C1(C)CCCCC1. The van der Waals surface area contributed by atoms with Gasteiger partial charge in [-0.1, -0.05) is 31.8 Å². The Balaban J connectivity index is 3.12. The van der Waals surface area contributed by atoms with E-state index in [0.29, 0.717) is 6.61 Å². The van der Waals surface area contributed by atoms with Crippen molar-refractivity contribution in [1.82, 2.24) is 0 Å². The van der Waals surface area contributed by atoms with Crippen molar-refractivity contribution in [3.63, 3.8) is 0 Å². The fourth-order valence-corrected chi connectivity index (χ4v) is 3.42. The van der Waals surface area contributed by atoms with Crippen molar-refractivity contribution >= 4 is 0 Å². The van der Waals surface area contributed by atoms with Gasteiger partial charge >= 0.3 is 0 Å². The number of rotatable bonds is 7. The summed E-state index contributed by atoms with van der Waals surface area (Å²) in [6.45, 7) is 10.0. The van der Waals surface area contributed by atoms with E-state index in [-0.39, 0.29) is 5.41 Å². The van der Waals surface area contributed by atoms with E-state index in [0.717, 1.165) is 31.3 Å². The highest BCUT2D eigenvalue weighted by molar-refractivity contribution is 5.24. The summed E-state index contributed by atoms with van der Waals surface area (Å²) in [6.07, 6.45) is 5.54. The maximum atomic E-state index is 11.1. The van der Waals surface area contributed by atoms with E-state index in [1.165, 1.54) is 6.42 Å². The van der Waals surface area contributed by atoms with Gasteiger partial charge in [0.05, 0.1) is 0 Å². The summed E-state index contributed by atoms with van der Waals surface area (Å²) in [6, 6.07) is 2.23. The Bertz CT molecular complexity index is 417. The molecular weight excluding hydrogens is 278 g/mol. The molecule has 0 heterocycles. The quantitative estimate of drug-likeness (QED) is 0.571. The Hall–Kier alpha value is -0.890. The van der Waals surface area contributed by atoms with Crippen LogP contribution >= 0.6 is 0 Å². The third-order valence-electron chi connectivity index (χ3n) is 4.50. The van der Waals surface area contributed by atoms with Crippen molar-refractivity contribution in [2.24, 2.45) is 5.41 Å². The molecule has 0 aromatic rings. The molecule has 1 rings (SSSR count). The van der Waals surface area contributed by atoms with Crippen LogP contribution in [0.2, 0.25) is 0 Å². The summed E-state index contributed by atoms with van der Waals surface area (Å²) in [5.74, 6) is 0. The Labute approximate surface area is 135 Å². The van der Waals surface area contributed by atoms with Crippen LogP contribution in [0.3, 0.4) is 0 Å². The van der Waals surface area contributed by atoms with Crippen LogP contribution in [0.4, 0.5) is 0 Å². The van der Waals surface area contributed by atoms with Gasteiger partial charge in [-0.2, -0.15) is 5.26 Å². The lowest BCUT2D eigenvalue weighted by Crippen LogP contribution is -2.53. The predicted octanol–water partition coefficient (Wildman–Crippen LogP) is 3.95. The monoisotopic (exact) mass is 309 g/mol. The average Bonchev–Trinajstić information content (AvgIpc) is 2.46. The molecule has 0 saturated heterocycles. The standard InChI is InChI=1S/C18H31NO3/c1-6-21-15(4)22-18(13-19,12-14(2)3)16(20)17(5)10-8-7-9-11-17/h12,15-16,20H,6-11H2,1-5H3. The molecule has 0 aromatic heterocycles. The van der Waals surface area contributed by atoms with Crippen molar-refractivity contribution in [3.8, 4) is 6.07 Å². The topological polar surface area (TPSA) is 62.5 Å². The second-order valence-electron chi connectivity index (χ2n) is 6.88. The highest BCUT2D eigenvalue weighted by Crippen LogP contribution is 2.44. The van der Waals surface area contributed by atoms with Gasteiger partial charge in [-0.25, -0.2) is 0 Å². The molecule has 1 saturated carbocycles. The molecule has 3 unspecified atom stereocenters. The van der Waals surface area contributed by atoms with Gasteiger partial charge in [0.25, 0.3) is 0 Å². The maximum absolute atomic E-state index is 11.1. The molecule has 3 atom stereocenters. The minimum atomic E-state index is -1.36. The molecule has 0 bridgehead atoms. The zero-order valence-corrected chi connectivity index (χ0v) is 14.7. The van der Waals surface area contributed by atoms with Gasteiger partial charge in [-0.05, 0) is 52.0 Å². The Morgan fingerprint density at radius 2 is 1.95 bits per heavy atom. The van der Waals surface area contributed by atoms with Crippen LogP contribution in [0.25, 0.3) is 0 Å². The zero-order valence-electron chi connectivity index (χ0n) is 14.7. The van der Waals surface area contributed by atoms with Crippen molar-refractivity contribution in [1.29, 1.82) is 5.26 Å². The predicted molar refractivity (Wildman–Crippen MR) is 87.1 cm³/mol. The molecule has 126 valence electrons. The van der Waals surface area contributed by atoms with E-state index in [2.05, 4.69) is 13.0 Å². The zero-order chi connectivity index (χ0) is 16.8. The molecule has 1 N–H and O–H groups in total. The van der Waals surface area contributed by atoms with Crippen LogP contribution in [0, 0.1) is 16.7 Å². The number of aliphatic hydroxyl groups is 1. The van der Waals surface area contributed by atoms with E-state index >= 15 is 0 Å². The largest absolute Gasteiger partial charge is 0.388 e. The lowest BCUT2D eigenvalue weighted by atomic mass is 9.67. The fourth-order valence-electron chi connectivity index (χ4n) is 3.42. The molecule has 1 aliphatic rings. The Morgan fingerprint density at radius 3 is 2.41 bits per heavy atom. The first-order valence-electron chi connectivity index (χ1n) is 8.34. The molecule has 22 heavy (non-hydrogen) atoms. The van der Waals surface area contributed by atoms with Crippen molar-refractivity contribution in [3.05, 3.63) is 11.6 Å². The summed E-state index contributed by atoms with van der Waals surface area (Å²) >= 11 is 0. The van der Waals surface area contributed by atoms with Crippen molar-refractivity contribution in [2.45, 2.75) is 84.7 Å². The first-order valence-corrected chi connectivity index (χ1v) is 8.34. The first kappa shape index (κ1) is 19.2. The van der Waals surface area contributed by atoms with Gasteiger partial charge in [-0.15, -0.1) is 0 Å². The maximum Gasteiger partial charge on any atom is 0.202 e.